The summed E-state index contributed by atoms with van der Waals surface area (Å²) in [6, 6.07) is -0.623. The van der Waals surface area contributed by atoms with Crippen LogP contribution < -0.4 is 0 Å². The van der Waals surface area contributed by atoms with Crippen LogP contribution in [0.1, 0.15) is 72.1 Å². The Bertz CT molecular complexity index is 546. The molecule has 146 valence electrons. The van der Waals surface area contributed by atoms with E-state index in [0.717, 1.165) is 6.42 Å². The summed E-state index contributed by atoms with van der Waals surface area (Å²) >= 11 is 0. The Morgan fingerprint density at radius 2 is 1.77 bits per heavy atom. The molecule has 0 aromatic carbocycles. The third kappa shape index (κ3) is 5.18. The number of hydrogen-bond acceptors (Lipinski definition) is 4. The Morgan fingerprint density at radius 3 is 2.42 bits per heavy atom. The fourth-order valence-electron chi connectivity index (χ4n) is 3.64. The van der Waals surface area contributed by atoms with Gasteiger partial charge in [-0.15, -0.1) is 0 Å². The molecule has 0 N–H and O–H groups in total. The quantitative estimate of drug-likeness (QED) is 0.393. The van der Waals surface area contributed by atoms with Crippen LogP contribution >= 0.6 is 0 Å². The monoisotopic (exact) mass is 363 g/mol. The van der Waals surface area contributed by atoms with E-state index >= 15 is 0 Å². The minimum absolute atomic E-state index is 0.238. The van der Waals surface area contributed by atoms with E-state index in [-0.39, 0.29) is 6.61 Å². The van der Waals surface area contributed by atoms with Crippen LogP contribution in [0.5, 0.6) is 0 Å². The van der Waals surface area contributed by atoms with Crippen LogP contribution in [0.25, 0.3) is 0 Å². The molecule has 1 saturated carbocycles. The molecule has 0 radical (unpaired) electrons. The second-order valence-corrected chi connectivity index (χ2v) is 8.18. The molecule has 0 aromatic rings. The van der Waals surface area contributed by atoms with Gasteiger partial charge in [0.15, 0.2) is 0 Å². The van der Waals surface area contributed by atoms with Crippen LogP contribution in [0.4, 0.5) is 0 Å². The van der Waals surface area contributed by atoms with Crippen molar-refractivity contribution in [2.75, 3.05) is 13.2 Å². The Kier molecular flexibility index (Phi) is 7.42. The maximum Gasteiger partial charge on any atom is 0.329 e. The Hall–Kier alpha value is -1.65. The van der Waals surface area contributed by atoms with Gasteiger partial charge in [-0.1, -0.05) is 52.2 Å². The lowest BCUT2D eigenvalue weighted by Crippen LogP contribution is -2.47. The number of likely N-dealkylation sites (tertiary alicyclic amines) is 1. The second-order valence-electron chi connectivity index (χ2n) is 8.18. The van der Waals surface area contributed by atoms with E-state index in [2.05, 4.69) is 6.08 Å². The van der Waals surface area contributed by atoms with Crippen molar-refractivity contribution in [3.05, 3.63) is 12.2 Å². The maximum atomic E-state index is 12.6. The van der Waals surface area contributed by atoms with Crippen LogP contribution in [0, 0.1) is 11.3 Å². The molecule has 0 bridgehead atoms. The van der Waals surface area contributed by atoms with Crippen molar-refractivity contribution in [2.45, 2.75) is 78.2 Å². The van der Waals surface area contributed by atoms with Gasteiger partial charge in [0, 0.05) is 12.0 Å². The van der Waals surface area contributed by atoms with Gasteiger partial charge in [-0.2, -0.15) is 0 Å². The number of carbonyl (C=O) groups excluding carboxylic acids is 3. The molecule has 2 fully saturated rings. The molecule has 2 aliphatic rings. The highest BCUT2D eigenvalue weighted by Gasteiger charge is 2.41. The molecule has 1 aliphatic heterocycles. The summed E-state index contributed by atoms with van der Waals surface area (Å²) in [6.07, 6.45) is 12.2. The molecule has 26 heavy (non-hydrogen) atoms. The summed E-state index contributed by atoms with van der Waals surface area (Å²) in [4.78, 5) is 38.8. The van der Waals surface area contributed by atoms with Gasteiger partial charge >= 0.3 is 5.97 Å². The molecule has 1 aliphatic carbocycles. The topological polar surface area (TPSA) is 63.7 Å². The molecule has 1 heterocycles. The number of ketones is 1. The van der Waals surface area contributed by atoms with E-state index in [1.165, 1.54) is 37.0 Å². The molecular formula is C21H33NO4. The predicted molar refractivity (Wildman–Crippen MR) is 100 cm³/mol. The van der Waals surface area contributed by atoms with Crippen molar-refractivity contribution in [2.24, 2.45) is 11.3 Å². The van der Waals surface area contributed by atoms with Gasteiger partial charge in [0.1, 0.15) is 12.6 Å². The third-order valence-corrected chi connectivity index (χ3v) is 5.86. The molecule has 2 rings (SSSR count). The van der Waals surface area contributed by atoms with E-state index in [0.29, 0.717) is 25.3 Å². The van der Waals surface area contributed by atoms with E-state index < -0.39 is 29.1 Å². The first-order chi connectivity index (χ1) is 12.4. The van der Waals surface area contributed by atoms with Crippen molar-refractivity contribution in [1.82, 2.24) is 4.90 Å². The first-order valence-corrected chi connectivity index (χ1v) is 10.1. The molecule has 0 spiro atoms. The first kappa shape index (κ1) is 20.7. The SMILES string of the molecule is CCC(C)(C)C(=O)C(=O)N1CCC[C@H]1C(=O)OC/C=C/C1CCCCC1. The van der Waals surface area contributed by atoms with Gasteiger partial charge in [0.25, 0.3) is 5.91 Å². The van der Waals surface area contributed by atoms with Crippen LogP contribution in [0.15, 0.2) is 12.2 Å². The second kappa shape index (κ2) is 9.33. The highest BCUT2D eigenvalue weighted by Crippen LogP contribution is 2.26. The summed E-state index contributed by atoms with van der Waals surface area (Å²) in [7, 11) is 0. The molecule has 1 amide bonds. The largest absolute Gasteiger partial charge is 0.460 e. The zero-order chi connectivity index (χ0) is 19.2. The van der Waals surface area contributed by atoms with Crippen LogP contribution in [0.2, 0.25) is 0 Å². The Labute approximate surface area is 157 Å². The number of hydrogen-bond donors (Lipinski definition) is 0. The average Bonchev–Trinajstić information content (AvgIpc) is 3.14. The molecular weight excluding hydrogens is 330 g/mol. The number of esters is 1. The Balaban J connectivity index is 1.86. The van der Waals surface area contributed by atoms with E-state index in [1.807, 2.05) is 13.0 Å². The summed E-state index contributed by atoms with van der Waals surface area (Å²) in [5.74, 6) is -0.766. The number of allylic oxidation sites excluding steroid dienone is 1. The van der Waals surface area contributed by atoms with E-state index in [1.54, 1.807) is 13.8 Å². The van der Waals surface area contributed by atoms with Crippen LogP contribution in [-0.2, 0) is 19.1 Å². The minimum Gasteiger partial charge on any atom is -0.460 e. The lowest BCUT2D eigenvalue weighted by molar-refractivity contribution is -0.156. The fraction of sp³-hybridized carbons (Fsp3) is 0.762. The fourth-order valence-corrected chi connectivity index (χ4v) is 3.64. The normalized spacial score (nSPS) is 22.0. The van der Waals surface area contributed by atoms with Crippen molar-refractivity contribution in [1.29, 1.82) is 0 Å². The molecule has 0 unspecified atom stereocenters. The average molecular weight is 363 g/mol. The van der Waals surface area contributed by atoms with Gasteiger partial charge in [-0.05, 0) is 38.0 Å². The molecule has 1 atom stereocenters. The number of nitrogens with zero attached hydrogens (tertiary/aromatic N) is 1. The third-order valence-electron chi connectivity index (χ3n) is 5.86. The summed E-state index contributed by atoms with van der Waals surface area (Å²) in [6.45, 7) is 6.11. The van der Waals surface area contributed by atoms with E-state index in [9.17, 15) is 14.4 Å². The predicted octanol–water partition coefficient (Wildman–Crippen LogP) is 3.66. The summed E-state index contributed by atoms with van der Waals surface area (Å²) in [5, 5.41) is 0. The van der Waals surface area contributed by atoms with Crippen molar-refractivity contribution in [3.8, 4) is 0 Å². The van der Waals surface area contributed by atoms with E-state index in [4.69, 9.17) is 4.74 Å². The van der Waals surface area contributed by atoms with Gasteiger partial charge in [-0.25, -0.2) is 4.79 Å². The Morgan fingerprint density at radius 1 is 1.08 bits per heavy atom. The molecule has 1 saturated heterocycles. The highest BCUT2D eigenvalue weighted by molar-refractivity contribution is 6.38. The van der Waals surface area contributed by atoms with Gasteiger partial charge in [0.2, 0.25) is 5.78 Å². The zero-order valence-corrected chi connectivity index (χ0v) is 16.5. The highest BCUT2D eigenvalue weighted by atomic mass is 16.5. The van der Waals surface area contributed by atoms with Crippen molar-refractivity contribution >= 4 is 17.7 Å². The van der Waals surface area contributed by atoms with Gasteiger partial charge < -0.3 is 9.64 Å². The summed E-state index contributed by atoms with van der Waals surface area (Å²) < 4.78 is 5.36. The summed E-state index contributed by atoms with van der Waals surface area (Å²) in [5.41, 5.74) is -0.698. The standard InChI is InChI=1S/C21H33NO4/c1-4-21(2,3)18(23)19(24)22-14-8-13-17(22)20(25)26-15-9-12-16-10-6-5-7-11-16/h9,12,16-17H,4-8,10-11,13-15H2,1-3H3/b12-9+/t17-/m0/s1. The van der Waals surface area contributed by atoms with Gasteiger partial charge in [0.05, 0.1) is 0 Å². The maximum absolute atomic E-state index is 12.6. The smallest absolute Gasteiger partial charge is 0.329 e. The van der Waals surface area contributed by atoms with Crippen LogP contribution in [-0.4, -0.2) is 41.8 Å². The zero-order valence-electron chi connectivity index (χ0n) is 16.5. The first-order valence-electron chi connectivity index (χ1n) is 10.1. The van der Waals surface area contributed by atoms with Crippen molar-refractivity contribution in [3.63, 3.8) is 0 Å². The van der Waals surface area contributed by atoms with Gasteiger partial charge in [-0.3, -0.25) is 9.59 Å². The number of Topliss-reactive ketones (excluding diaryl/α,β-unsaturated/α-hetero) is 1. The molecule has 5 nitrogen and oxygen atoms in total. The van der Waals surface area contributed by atoms with Crippen LogP contribution in [0.3, 0.4) is 0 Å². The number of rotatable bonds is 7. The molecule has 5 heteroatoms. The lowest BCUT2D eigenvalue weighted by atomic mass is 9.84. The lowest BCUT2D eigenvalue weighted by Gasteiger charge is -2.27. The van der Waals surface area contributed by atoms with Crippen molar-refractivity contribution < 1.29 is 19.1 Å². The number of ether oxygens (including phenoxy) is 1. The minimum atomic E-state index is -0.698. The number of carbonyl (C=O) groups is 3. The number of amides is 1. The molecule has 0 aromatic heterocycles.